The van der Waals surface area contributed by atoms with Crippen molar-refractivity contribution in [2.24, 2.45) is 0 Å². The van der Waals surface area contributed by atoms with Crippen molar-refractivity contribution in [1.82, 2.24) is 15.2 Å². The van der Waals surface area contributed by atoms with E-state index in [4.69, 9.17) is 4.74 Å². The number of nitrogens with zero attached hydrogens (tertiary/aromatic N) is 2. The Morgan fingerprint density at radius 3 is 2.72 bits per heavy atom. The molecule has 18 heavy (non-hydrogen) atoms. The number of carbonyl (C=O) groups excluding carboxylic acids is 1. The van der Waals surface area contributed by atoms with Crippen LogP contribution in [0.3, 0.4) is 0 Å². The molecule has 0 aliphatic heterocycles. The summed E-state index contributed by atoms with van der Waals surface area (Å²) < 4.78 is 4.83. The summed E-state index contributed by atoms with van der Waals surface area (Å²) >= 11 is 0. The number of nitrogens with one attached hydrogen (secondary N) is 2. The Balaban J connectivity index is 2.20. The molecule has 1 aromatic heterocycles. The molecule has 0 fully saturated rings. The summed E-state index contributed by atoms with van der Waals surface area (Å²) in [6, 6.07) is 7.58. The Labute approximate surface area is 104 Å². The zero-order valence-corrected chi connectivity index (χ0v) is 10.2. The molecule has 0 bridgehead atoms. The summed E-state index contributed by atoms with van der Waals surface area (Å²) in [5, 5.41) is 9.58. The largest absolute Gasteiger partial charge is 0.460 e. The number of benzene rings is 1. The Bertz CT molecular complexity index is 533. The van der Waals surface area contributed by atoms with E-state index in [2.05, 4.69) is 20.5 Å². The molecule has 0 aliphatic rings. The summed E-state index contributed by atoms with van der Waals surface area (Å²) in [5.41, 5.74) is 1.83. The number of rotatable bonds is 4. The van der Waals surface area contributed by atoms with E-state index >= 15 is 0 Å². The fourth-order valence-electron chi connectivity index (χ4n) is 1.47. The van der Waals surface area contributed by atoms with Crippen molar-refractivity contribution in [3.63, 3.8) is 0 Å². The molecule has 0 spiro atoms. The molecule has 0 radical (unpaired) electrons. The third kappa shape index (κ3) is 2.48. The second-order valence-electron chi connectivity index (χ2n) is 3.56. The van der Waals surface area contributed by atoms with Crippen LogP contribution in [0.15, 0.2) is 24.3 Å². The van der Waals surface area contributed by atoms with Gasteiger partial charge in [0.1, 0.15) is 0 Å². The lowest BCUT2D eigenvalue weighted by Gasteiger charge is -1.99. The van der Waals surface area contributed by atoms with E-state index in [1.807, 2.05) is 31.3 Å². The maximum absolute atomic E-state index is 11.4. The highest BCUT2D eigenvalue weighted by Gasteiger charge is 2.13. The highest BCUT2D eigenvalue weighted by Crippen LogP contribution is 2.17. The summed E-state index contributed by atoms with van der Waals surface area (Å²) in [5.74, 6) is 0.0911. The number of esters is 1. The van der Waals surface area contributed by atoms with Crippen LogP contribution >= 0.6 is 0 Å². The molecule has 0 saturated carbocycles. The molecule has 6 heteroatoms. The first-order valence-electron chi connectivity index (χ1n) is 5.62. The predicted molar refractivity (Wildman–Crippen MR) is 67.3 cm³/mol. The number of aromatic nitrogens is 3. The van der Waals surface area contributed by atoms with Gasteiger partial charge in [0.25, 0.3) is 0 Å². The summed E-state index contributed by atoms with van der Waals surface area (Å²) in [7, 11) is 1.85. The first-order valence-corrected chi connectivity index (χ1v) is 5.62. The molecular weight excluding hydrogens is 232 g/mol. The van der Waals surface area contributed by atoms with Gasteiger partial charge in [0, 0.05) is 18.3 Å². The van der Waals surface area contributed by atoms with Crippen molar-refractivity contribution in [3.8, 4) is 11.4 Å². The summed E-state index contributed by atoms with van der Waals surface area (Å²) in [6.07, 6.45) is 0. The van der Waals surface area contributed by atoms with Gasteiger partial charge in [-0.2, -0.15) is 5.10 Å². The quantitative estimate of drug-likeness (QED) is 0.802. The maximum Gasteiger partial charge on any atom is 0.375 e. The number of anilines is 1. The number of hydrogen-bond donors (Lipinski definition) is 2. The predicted octanol–water partition coefficient (Wildman–Crippen LogP) is 1.69. The second kappa shape index (κ2) is 5.31. The van der Waals surface area contributed by atoms with Crippen molar-refractivity contribution >= 4 is 11.7 Å². The molecule has 0 atom stereocenters. The average molecular weight is 246 g/mol. The number of ether oxygens (including phenoxy) is 1. The maximum atomic E-state index is 11.4. The van der Waals surface area contributed by atoms with E-state index in [0.717, 1.165) is 11.3 Å². The Morgan fingerprint density at radius 1 is 1.39 bits per heavy atom. The number of hydrogen-bond acceptors (Lipinski definition) is 5. The van der Waals surface area contributed by atoms with E-state index < -0.39 is 5.97 Å². The van der Waals surface area contributed by atoms with Crippen molar-refractivity contribution < 1.29 is 9.53 Å². The second-order valence-corrected chi connectivity index (χ2v) is 3.56. The van der Waals surface area contributed by atoms with E-state index in [0.29, 0.717) is 12.4 Å². The van der Waals surface area contributed by atoms with Gasteiger partial charge in [-0.3, -0.25) is 5.10 Å². The van der Waals surface area contributed by atoms with Gasteiger partial charge >= 0.3 is 5.97 Å². The number of H-pyrrole nitrogens is 1. The minimum atomic E-state index is -0.497. The molecule has 0 unspecified atom stereocenters. The Hall–Kier alpha value is -2.37. The van der Waals surface area contributed by atoms with E-state index in [9.17, 15) is 4.79 Å². The van der Waals surface area contributed by atoms with Crippen LogP contribution in [0.4, 0.5) is 5.69 Å². The van der Waals surface area contributed by atoms with Crippen LogP contribution in [0.25, 0.3) is 11.4 Å². The van der Waals surface area contributed by atoms with Crippen molar-refractivity contribution in [3.05, 3.63) is 30.1 Å². The summed E-state index contributed by atoms with van der Waals surface area (Å²) in [6.45, 7) is 2.05. The monoisotopic (exact) mass is 246 g/mol. The van der Waals surface area contributed by atoms with E-state index in [1.54, 1.807) is 6.92 Å². The number of aromatic amines is 1. The van der Waals surface area contributed by atoms with Gasteiger partial charge in [-0.05, 0) is 31.2 Å². The fraction of sp³-hybridized carbons (Fsp3) is 0.250. The molecular formula is C12H14N4O2. The SMILES string of the molecule is CCOC(=O)c1nc(-c2ccc(NC)cc2)n[nH]1. The van der Waals surface area contributed by atoms with Crippen LogP contribution in [0, 0.1) is 0 Å². The normalized spacial score (nSPS) is 10.1. The lowest BCUT2D eigenvalue weighted by atomic mass is 10.2. The van der Waals surface area contributed by atoms with Crippen LogP contribution in [0.1, 0.15) is 17.5 Å². The van der Waals surface area contributed by atoms with E-state index in [1.165, 1.54) is 0 Å². The first kappa shape index (κ1) is 12.1. The lowest BCUT2D eigenvalue weighted by Crippen LogP contribution is -2.06. The van der Waals surface area contributed by atoms with Crippen LogP contribution in [0.2, 0.25) is 0 Å². The number of carbonyl (C=O) groups is 1. The highest BCUT2D eigenvalue weighted by atomic mass is 16.5. The minimum Gasteiger partial charge on any atom is -0.460 e. The van der Waals surface area contributed by atoms with E-state index in [-0.39, 0.29) is 5.82 Å². The highest BCUT2D eigenvalue weighted by molar-refractivity contribution is 5.85. The van der Waals surface area contributed by atoms with Crippen LogP contribution in [-0.2, 0) is 4.74 Å². The van der Waals surface area contributed by atoms with Gasteiger partial charge < -0.3 is 10.1 Å². The molecule has 2 aromatic rings. The molecule has 0 aliphatic carbocycles. The fourth-order valence-corrected chi connectivity index (χ4v) is 1.47. The molecule has 94 valence electrons. The molecule has 1 aromatic carbocycles. The third-order valence-corrected chi connectivity index (χ3v) is 2.39. The zero-order valence-electron chi connectivity index (χ0n) is 10.2. The third-order valence-electron chi connectivity index (χ3n) is 2.39. The first-order chi connectivity index (χ1) is 8.74. The molecule has 2 N–H and O–H groups in total. The van der Waals surface area contributed by atoms with Crippen LogP contribution < -0.4 is 5.32 Å². The van der Waals surface area contributed by atoms with Crippen molar-refractivity contribution in [2.75, 3.05) is 19.0 Å². The molecule has 1 heterocycles. The van der Waals surface area contributed by atoms with Gasteiger partial charge in [-0.1, -0.05) is 0 Å². The molecule has 0 saturated heterocycles. The molecule has 6 nitrogen and oxygen atoms in total. The van der Waals surface area contributed by atoms with Gasteiger partial charge in [0.2, 0.25) is 5.82 Å². The average Bonchev–Trinajstić information content (AvgIpc) is 2.89. The van der Waals surface area contributed by atoms with Gasteiger partial charge in [0.15, 0.2) is 5.82 Å². The lowest BCUT2D eigenvalue weighted by molar-refractivity contribution is 0.0512. The topological polar surface area (TPSA) is 79.9 Å². The van der Waals surface area contributed by atoms with Crippen molar-refractivity contribution in [2.45, 2.75) is 6.92 Å². The zero-order chi connectivity index (χ0) is 13.0. The van der Waals surface area contributed by atoms with Crippen LogP contribution in [0.5, 0.6) is 0 Å². The van der Waals surface area contributed by atoms with Crippen molar-refractivity contribution in [1.29, 1.82) is 0 Å². The Kier molecular flexibility index (Phi) is 3.57. The smallest absolute Gasteiger partial charge is 0.375 e. The van der Waals surface area contributed by atoms with Gasteiger partial charge in [-0.25, -0.2) is 9.78 Å². The molecule has 0 amide bonds. The van der Waals surface area contributed by atoms with Gasteiger partial charge in [-0.15, -0.1) is 0 Å². The van der Waals surface area contributed by atoms with Gasteiger partial charge in [0.05, 0.1) is 6.61 Å². The standard InChI is InChI=1S/C12H14N4O2/c1-3-18-12(17)11-14-10(15-16-11)8-4-6-9(13-2)7-5-8/h4-7,13H,3H2,1-2H3,(H,14,15,16). The Morgan fingerprint density at radius 2 is 2.11 bits per heavy atom. The van der Waals surface area contributed by atoms with Crippen LogP contribution in [-0.4, -0.2) is 34.8 Å². The molecule has 2 rings (SSSR count). The minimum absolute atomic E-state index is 0.115. The summed E-state index contributed by atoms with van der Waals surface area (Å²) in [4.78, 5) is 15.5.